The van der Waals surface area contributed by atoms with E-state index in [0.29, 0.717) is 11.1 Å². The number of carbonyl (C=O) groups is 2. The topological polar surface area (TPSA) is 37.4 Å². The fourth-order valence-corrected chi connectivity index (χ4v) is 4.62. The van der Waals surface area contributed by atoms with Gasteiger partial charge in [-0.2, -0.15) is 0 Å². The third kappa shape index (κ3) is 2.44. The van der Waals surface area contributed by atoms with E-state index in [1.807, 2.05) is 61.7 Å². The van der Waals surface area contributed by atoms with E-state index in [-0.39, 0.29) is 22.6 Å². The maximum Gasteiger partial charge on any atom is 0.197 e. The molecule has 1 aliphatic heterocycles. The van der Waals surface area contributed by atoms with Crippen LogP contribution in [0.1, 0.15) is 40.1 Å². The van der Waals surface area contributed by atoms with Crippen molar-refractivity contribution in [2.45, 2.75) is 19.3 Å². The molecule has 0 fully saturated rings. The number of anilines is 1. The molecule has 0 aromatic heterocycles. The van der Waals surface area contributed by atoms with Crippen molar-refractivity contribution >= 4 is 28.0 Å². The number of Topliss-reactive ketones (excluding diaryl/α,β-unsaturated/α-hetero) is 2. The van der Waals surface area contributed by atoms with Crippen molar-refractivity contribution in [2.75, 3.05) is 11.9 Å². The fourth-order valence-electron chi connectivity index (χ4n) is 4.62. The summed E-state index contributed by atoms with van der Waals surface area (Å²) in [6, 6.07) is 19.8. The molecule has 3 aromatic rings. The summed E-state index contributed by atoms with van der Waals surface area (Å²) in [4.78, 5) is 28.1. The van der Waals surface area contributed by atoms with E-state index >= 15 is 0 Å². The van der Waals surface area contributed by atoms with Gasteiger partial charge in [-0.1, -0.05) is 56.3 Å². The molecule has 0 saturated heterocycles. The summed E-state index contributed by atoms with van der Waals surface area (Å²) in [6.45, 7) is 4.33. The number of ketones is 2. The molecule has 0 bridgehead atoms. The Kier molecular flexibility index (Phi) is 3.66. The second kappa shape index (κ2) is 6.02. The van der Waals surface area contributed by atoms with E-state index in [2.05, 4.69) is 30.9 Å². The Bertz CT molecular complexity index is 1220. The zero-order chi connectivity index (χ0) is 20.3. The van der Waals surface area contributed by atoms with E-state index < -0.39 is 0 Å². The van der Waals surface area contributed by atoms with Crippen molar-refractivity contribution in [3.63, 3.8) is 0 Å². The van der Waals surface area contributed by atoms with Crippen LogP contribution in [0, 0.1) is 0 Å². The van der Waals surface area contributed by atoms with Gasteiger partial charge in [0, 0.05) is 35.0 Å². The Hall–Kier alpha value is -3.46. The molecule has 3 aromatic carbocycles. The molecular formula is C26H21NO2. The molecule has 0 radical (unpaired) electrons. The van der Waals surface area contributed by atoms with Gasteiger partial charge >= 0.3 is 0 Å². The number of benzene rings is 3. The summed E-state index contributed by atoms with van der Waals surface area (Å²) >= 11 is 0. The largest absolute Gasteiger partial charge is 0.347 e. The highest BCUT2D eigenvalue weighted by molar-refractivity contribution is 6.40. The number of hydrogen-bond donors (Lipinski definition) is 0. The summed E-state index contributed by atoms with van der Waals surface area (Å²) in [6.07, 6.45) is 3.63. The molecule has 142 valence electrons. The quantitative estimate of drug-likeness (QED) is 0.416. The van der Waals surface area contributed by atoms with Crippen LogP contribution in [-0.2, 0) is 5.41 Å². The van der Waals surface area contributed by atoms with Gasteiger partial charge in [-0.05, 0) is 46.7 Å². The first-order valence-electron chi connectivity index (χ1n) is 9.77. The molecule has 0 saturated carbocycles. The van der Waals surface area contributed by atoms with Crippen molar-refractivity contribution < 1.29 is 9.59 Å². The summed E-state index contributed by atoms with van der Waals surface area (Å²) in [5.74, 6) is -0.382. The Morgan fingerprint density at radius 1 is 0.793 bits per heavy atom. The van der Waals surface area contributed by atoms with Crippen molar-refractivity contribution in [1.82, 2.24) is 0 Å². The average Bonchev–Trinajstić information content (AvgIpc) is 3.07. The Labute approximate surface area is 170 Å². The highest BCUT2D eigenvalue weighted by Crippen LogP contribution is 2.46. The SMILES string of the molecule is CN1/C(=C/C=C2C(=O)c3cc4ccccc4cc3C2=O)C(C)(C)c2ccccc21. The van der Waals surface area contributed by atoms with Crippen molar-refractivity contribution in [2.24, 2.45) is 0 Å². The van der Waals surface area contributed by atoms with Crippen LogP contribution in [0.25, 0.3) is 10.8 Å². The van der Waals surface area contributed by atoms with E-state index in [4.69, 9.17) is 0 Å². The number of allylic oxidation sites excluding steroid dienone is 4. The van der Waals surface area contributed by atoms with E-state index in [0.717, 1.165) is 22.2 Å². The van der Waals surface area contributed by atoms with Gasteiger partial charge in [-0.3, -0.25) is 9.59 Å². The third-order valence-corrected chi connectivity index (χ3v) is 6.21. The second-order valence-corrected chi connectivity index (χ2v) is 8.24. The third-order valence-electron chi connectivity index (χ3n) is 6.21. The molecule has 0 amide bonds. The van der Waals surface area contributed by atoms with Crippen molar-refractivity contribution in [3.8, 4) is 0 Å². The average molecular weight is 379 g/mol. The molecule has 1 heterocycles. The van der Waals surface area contributed by atoms with Crippen LogP contribution >= 0.6 is 0 Å². The smallest absolute Gasteiger partial charge is 0.197 e. The van der Waals surface area contributed by atoms with Gasteiger partial charge in [0.2, 0.25) is 0 Å². The molecule has 0 atom stereocenters. The van der Waals surface area contributed by atoms with Gasteiger partial charge < -0.3 is 4.90 Å². The number of fused-ring (bicyclic) bond motifs is 3. The lowest BCUT2D eigenvalue weighted by Crippen LogP contribution is -2.22. The molecule has 1 aliphatic carbocycles. The monoisotopic (exact) mass is 379 g/mol. The Balaban J connectivity index is 1.59. The lowest BCUT2D eigenvalue weighted by Gasteiger charge is -2.23. The van der Waals surface area contributed by atoms with E-state index in [1.165, 1.54) is 5.56 Å². The van der Waals surface area contributed by atoms with Gasteiger partial charge in [0.25, 0.3) is 0 Å². The molecule has 5 rings (SSSR count). The minimum atomic E-state index is -0.200. The number of rotatable bonds is 1. The van der Waals surface area contributed by atoms with Gasteiger partial charge in [-0.15, -0.1) is 0 Å². The molecule has 3 nitrogen and oxygen atoms in total. The highest BCUT2D eigenvalue weighted by Gasteiger charge is 2.38. The normalized spacial score (nSPS) is 18.5. The first-order valence-corrected chi connectivity index (χ1v) is 9.77. The fraction of sp³-hybridized carbons (Fsp3) is 0.154. The van der Waals surface area contributed by atoms with Crippen LogP contribution in [0.2, 0.25) is 0 Å². The lowest BCUT2D eigenvalue weighted by atomic mass is 9.83. The Morgan fingerprint density at radius 2 is 1.34 bits per heavy atom. The predicted molar refractivity (Wildman–Crippen MR) is 117 cm³/mol. The van der Waals surface area contributed by atoms with Gasteiger partial charge in [0.15, 0.2) is 11.6 Å². The number of para-hydroxylation sites is 1. The maximum absolute atomic E-state index is 13.0. The number of carbonyl (C=O) groups excluding carboxylic acids is 2. The van der Waals surface area contributed by atoms with Crippen LogP contribution < -0.4 is 4.90 Å². The minimum absolute atomic E-state index is 0.191. The highest BCUT2D eigenvalue weighted by atomic mass is 16.2. The molecule has 2 aliphatic rings. The van der Waals surface area contributed by atoms with Crippen LogP contribution in [0.5, 0.6) is 0 Å². The Morgan fingerprint density at radius 3 is 1.93 bits per heavy atom. The van der Waals surface area contributed by atoms with E-state index in [1.54, 1.807) is 6.08 Å². The zero-order valence-corrected chi connectivity index (χ0v) is 16.7. The van der Waals surface area contributed by atoms with Gasteiger partial charge in [-0.25, -0.2) is 0 Å². The summed E-state index contributed by atoms with van der Waals surface area (Å²) in [7, 11) is 2.03. The molecule has 0 unspecified atom stereocenters. The maximum atomic E-state index is 13.0. The first kappa shape index (κ1) is 17.6. The second-order valence-electron chi connectivity index (χ2n) is 8.24. The van der Waals surface area contributed by atoms with E-state index in [9.17, 15) is 9.59 Å². The molecular weight excluding hydrogens is 358 g/mol. The minimum Gasteiger partial charge on any atom is -0.347 e. The van der Waals surface area contributed by atoms with Crippen LogP contribution in [0.4, 0.5) is 5.69 Å². The number of nitrogens with zero attached hydrogens (tertiary/aromatic N) is 1. The molecule has 3 heteroatoms. The predicted octanol–water partition coefficient (Wildman–Crippen LogP) is 5.46. The summed E-state index contributed by atoms with van der Waals surface area (Å²) in [5.41, 5.74) is 4.50. The number of likely N-dealkylation sites (N-methyl/N-ethyl adjacent to an activating group) is 1. The van der Waals surface area contributed by atoms with Crippen LogP contribution in [0.15, 0.2) is 84.1 Å². The summed E-state index contributed by atoms with van der Waals surface area (Å²) < 4.78 is 0. The zero-order valence-electron chi connectivity index (χ0n) is 16.7. The molecule has 0 N–H and O–H groups in total. The van der Waals surface area contributed by atoms with Gasteiger partial charge in [0.1, 0.15) is 0 Å². The molecule has 0 spiro atoms. The van der Waals surface area contributed by atoms with Crippen molar-refractivity contribution in [3.05, 3.63) is 101 Å². The lowest BCUT2D eigenvalue weighted by molar-refractivity contribution is 0.0989. The summed E-state index contributed by atoms with van der Waals surface area (Å²) in [5, 5.41) is 1.94. The standard InChI is InChI=1S/C26H21NO2/c1-26(2)21-10-6-7-11-22(21)27(3)23(26)13-12-18-24(28)19-14-16-8-4-5-9-17(16)15-20(19)25(18)29/h4-15H,1-3H3/b23-13+. The van der Waals surface area contributed by atoms with Gasteiger partial charge in [0.05, 0.1) is 5.57 Å². The number of hydrogen-bond acceptors (Lipinski definition) is 3. The van der Waals surface area contributed by atoms with Crippen molar-refractivity contribution in [1.29, 1.82) is 0 Å². The van der Waals surface area contributed by atoms with Crippen LogP contribution in [0.3, 0.4) is 0 Å². The van der Waals surface area contributed by atoms with Crippen LogP contribution in [-0.4, -0.2) is 18.6 Å². The molecule has 29 heavy (non-hydrogen) atoms. The first-order chi connectivity index (χ1) is 13.9.